The molecule has 7 aromatic rings. The molecule has 3 aromatic heterocycles. The van der Waals surface area contributed by atoms with Gasteiger partial charge in [0, 0.05) is 28.8 Å². The minimum atomic E-state index is 0. The molecule has 0 aliphatic carbocycles. The van der Waals surface area contributed by atoms with Gasteiger partial charge in [0.25, 0.3) is 0 Å². The number of aryl methyl sites for hydroxylation is 2. The van der Waals surface area contributed by atoms with Crippen LogP contribution in [0.4, 0.5) is 0 Å². The van der Waals surface area contributed by atoms with Crippen LogP contribution in [0.5, 0.6) is 11.5 Å². The van der Waals surface area contributed by atoms with Crippen molar-refractivity contribution in [3.05, 3.63) is 132 Å². The van der Waals surface area contributed by atoms with Crippen molar-refractivity contribution >= 4 is 21.8 Å². The van der Waals surface area contributed by atoms with E-state index in [9.17, 15) is 0 Å². The molecule has 0 saturated heterocycles. The van der Waals surface area contributed by atoms with Crippen LogP contribution in [-0.2, 0) is 33.3 Å². The second kappa shape index (κ2) is 13.3. The first-order valence-corrected chi connectivity index (χ1v) is 16.0. The second-order valence-corrected chi connectivity index (χ2v) is 13.2. The van der Waals surface area contributed by atoms with Crippen LogP contribution in [-0.4, -0.2) is 19.3 Å². The van der Waals surface area contributed by atoms with Crippen molar-refractivity contribution in [2.24, 2.45) is 5.41 Å². The third-order valence-electron chi connectivity index (χ3n) is 8.19. The van der Waals surface area contributed by atoms with Gasteiger partial charge in [-0.3, -0.25) is 4.68 Å². The zero-order valence-electron chi connectivity index (χ0n) is 27.4. The average molecular weight is 709 g/mol. The summed E-state index contributed by atoms with van der Waals surface area (Å²) >= 11 is 0. The maximum Gasteiger partial charge on any atom is 2.00 e. The monoisotopic (exact) mass is 708 g/mol. The zero-order valence-corrected chi connectivity index (χ0v) is 29.0. The van der Waals surface area contributed by atoms with E-state index in [4.69, 9.17) is 14.8 Å². The minimum absolute atomic E-state index is 0. The molecule has 4 aromatic carbocycles. The predicted molar refractivity (Wildman–Crippen MR) is 187 cm³/mol. The molecular formula is C41H38N4OPd. The zero-order chi connectivity index (χ0) is 31.8. The van der Waals surface area contributed by atoms with Gasteiger partial charge in [-0.05, 0) is 65.6 Å². The molecule has 0 fully saturated rings. The molecule has 7 rings (SSSR count). The Balaban J connectivity index is 0.00000386. The smallest absolute Gasteiger partial charge is 0.509 e. The van der Waals surface area contributed by atoms with E-state index in [1.165, 1.54) is 16.8 Å². The van der Waals surface area contributed by atoms with Crippen molar-refractivity contribution in [1.82, 2.24) is 19.3 Å². The number of ether oxygens (including phenoxy) is 1. The van der Waals surface area contributed by atoms with Crippen molar-refractivity contribution in [3.8, 4) is 34.1 Å². The third kappa shape index (κ3) is 6.54. The summed E-state index contributed by atoms with van der Waals surface area (Å²) in [5.74, 6) is 2.08. The van der Waals surface area contributed by atoms with Gasteiger partial charge >= 0.3 is 20.4 Å². The average Bonchev–Trinajstić information content (AvgIpc) is 3.55. The Morgan fingerprint density at radius 1 is 0.809 bits per heavy atom. The third-order valence-corrected chi connectivity index (χ3v) is 8.19. The second-order valence-electron chi connectivity index (χ2n) is 13.2. The number of fused-ring (bicyclic) bond motifs is 3. The van der Waals surface area contributed by atoms with Crippen molar-refractivity contribution in [1.29, 1.82) is 0 Å². The Kier molecular flexibility index (Phi) is 9.19. The summed E-state index contributed by atoms with van der Waals surface area (Å²) in [7, 11) is 0. The predicted octanol–water partition coefficient (Wildman–Crippen LogP) is 10.3. The van der Waals surface area contributed by atoms with E-state index >= 15 is 0 Å². The van der Waals surface area contributed by atoms with E-state index in [0.29, 0.717) is 11.5 Å². The maximum absolute atomic E-state index is 6.48. The minimum Gasteiger partial charge on any atom is -0.509 e. The number of rotatable bonds is 8. The Labute approximate surface area is 290 Å². The Bertz CT molecular complexity index is 2170. The summed E-state index contributed by atoms with van der Waals surface area (Å²) in [6, 6.07) is 40.4. The molecule has 0 amide bonds. The van der Waals surface area contributed by atoms with Crippen LogP contribution >= 0.6 is 0 Å². The van der Waals surface area contributed by atoms with Gasteiger partial charge in [-0.2, -0.15) is 17.2 Å². The quantitative estimate of drug-likeness (QED) is 0.117. The number of aromatic nitrogens is 4. The van der Waals surface area contributed by atoms with Crippen LogP contribution in [0.15, 0.2) is 103 Å². The molecule has 0 N–H and O–H groups in total. The summed E-state index contributed by atoms with van der Waals surface area (Å²) in [6.45, 7) is 11.1. The molecule has 5 nitrogen and oxygen atoms in total. The molecule has 0 bridgehead atoms. The molecule has 238 valence electrons. The molecule has 0 radical (unpaired) electrons. The first kappa shape index (κ1) is 32.4. The fraction of sp³-hybridized carbons (Fsp3) is 0.220. The van der Waals surface area contributed by atoms with Crippen LogP contribution < -0.4 is 4.74 Å². The van der Waals surface area contributed by atoms with Crippen molar-refractivity contribution < 1.29 is 25.2 Å². The van der Waals surface area contributed by atoms with E-state index in [0.717, 1.165) is 63.8 Å². The summed E-state index contributed by atoms with van der Waals surface area (Å²) < 4.78 is 10.7. The van der Waals surface area contributed by atoms with Crippen LogP contribution in [0.2, 0.25) is 0 Å². The van der Waals surface area contributed by atoms with Gasteiger partial charge in [0.05, 0.1) is 11.4 Å². The molecule has 0 saturated carbocycles. The van der Waals surface area contributed by atoms with Crippen LogP contribution in [0.1, 0.15) is 51.1 Å². The summed E-state index contributed by atoms with van der Waals surface area (Å²) in [6.07, 6.45) is 4.65. The Hall–Kier alpha value is -4.50. The van der Waals surface area contributed by atoms with E-state index in [-0.39, 0.29) is 25.8 Å². The molecule has 6 heteroatoms. The first-order valence-electron chi connectivity index (χ1n) is 16.0. The van der Waals surface area contributed by atoms with Crippen molar-refractivity contribution in [2.75, 3.05) is 0 Å². The number of hydrogen-bond donors (Lipinski definition) is 0. The molecule has 47 heavy (non-hydrogen) atoms. The van der Waals surface area contributed by atoms with Gasteiger partial charge in [0.2, 0.25) is 0 Å². The van der Waals surface area contributed by atoms with Gasteiger partial charge in [-0.1, -0.05) is 88.2 Å². The van der Waals surface area contributed by atoms with Crippen molar-refractivity contribution in [2.45, 2.75) is 53.9 Å². The number of pyridine rings is 1. The Morgan fingerprint density at radius 2 is 1.57 bits per heavy atom. The Morgan fingerprint density at radius 3 is 2.34 bits per heavy atom. The van der Waals surface area contributed by atoms with Crippen LogP contribution in [0.25, 0.3) is 44.4 Å². The van der Waals surface area contributed by atoms with Gasteiger partial charge in [-0.25, -0.2) is 4.98 Å². The summed E-state index contributed by atoms with van der Waals surface area (Å²) in [5, 5.41) is 7.46. The fourth-order valence-corrected chi connectivity index (χ4v) is 6.27. The fourth-order valence-electron chi connectivity index (χ4n) is 6.27. The van der Waals surface area contributed by atoms with E-state index < -0.39 is 0 Å². The number of hydrogen-bond acceptors (Lipinski definition) is 3. The van der Waals surface area contributed by atoms with Gasteiger partial charge < -0.3 is 9.30 Å². The molecule has 0 aliphatic heterocycles. The first-order chi connectivity index (χ1) is 22.3. The van der Waals surface area contributed by atoms with Crippen molar-refractivity contribution in [3.63, 3.8) is 0 Å². The number of benzene rings is 4. The molecule has 0 atom stereocenters. The number of para-hydroxylation sites is 1. The molecule has 0 aliphatic rings. The molecule has 0 spiro atoms. The van der Waals surface area contributed by atoms with E-state index in [1.54, 1.807) is 0 Å². The molecule has 0 unspecified atom stereocenters. The maximum atomic E-state index is 6.48. The van der Waals surface area contributed by atoms with E-state index in [2.05, 4.69) is 129 Å². The SMILES string of the molecule is CCCc1nn(-c2[c-]c(Oc3[c-]c4c(cc3)c3ccccc3n4-c3cc(C)ccn3)ccc2)c(CC(C)(C)C)c1-c1ccccc1.[Pd+2]. The van der Waals surface area contributed by atoms with Crippen LogP contribution in [0, 0.1) is 24.5 Å². The topological polar surface area (TPSA) is 44.9 Å². The van der Waals surface area contributed by atoms with Gasteiger partial charge in [0.15, 0.2) is 0 Å². The largest absolute Gasteiger partial charge is 2.00 e. The standard InChI is InChI=1S/C41H38N4O.Pd/c1-6-13-35-40(29-14-8-7-9-15-29)38(27-41(3,4)5)45(43-35)30-16-12-17-31(25-30)46-32-20-21-34-33-18-10-11-19-36(33)44(37(34)26-32)39-24-28(2)22-23-42-39;/h7-12,14-24H,6,13,27H2,1-5H3;/q-2;+2. The molecule has 3 heterocycles. The van der Waals surface area contributed by atoms with Gasteiger partial charge in [0.1, 0.15) is 5.82 Å². The van der Waals surface area contributed by atoms with Gasteiger partial charge in [-0.15, -0.1) is 35.7 Å². The summed E-state index contributed by atoms with van der Waals surface area (Å²) in [5.41, 5.74) is 8.81. The molecular weight excluding hydrogens is 671 g/mol. The van der Waals surface area contributed by atoms with Crippen LogP contribution in [0.3, 0.4) is 0 Å². The normalized spacial score (nSPS) is 11.6. The number of nitrogens with zero attached hydrogens (tertiary/aromatic N) is 4. The summed E-state index contributed by atoms with van der Waals surface area (Å²) in [4.78, 5) is 4.70. The van der Waals surface area contributed by atoms with E-state index in [1.807, 2.05) is 30.5 Å².